The molecule has 5 heteroatoms. The molecule has 1 aromatic carbocycles. The van der Waals surface area contributed by atoms with Crippen molar-refractivity contribution in [1.82, 2.24) is 4.90 Å². The number of carboxylic acid groups (broad SMARTS) is 1. The number of ether oxygens (including phenoxy) is 1. The van der Waals surface area contributed by atoms with E-state index >= 15 is 0 Å². The van der Waals surface area contributed by atoms with Gasteiger partial charge >= 0.3 is 5.97 Å². The van der Waals surface area contributed by atoms with Crippen LogP contribution >= 0.6 is 0 Å². The van der Waals surface area contributed by atoms with Crippen molar-refractivity contribution in [3.8, 4) is 5.75 Å². The van der Waals surface area contributed by atoms with Gasteiger partial charge in [-0.1, -0.05) is 19.1 Å². The van der Waals surface area contributed by atoms with E-state index in [0.717, 1.165) is 5.56 Å². The molecule has 0 aliphatic heterocycles. The van der Waals surface area contributed by atoms with Gasteiger partial charge in [0.25, 0.3) is 5.91 Å². The van der Waals surface area contributed by atoms with Gasteiger partial charge in [-0.05, 0) is 44.9 Å². The van der Waals surface area contributed by atoms with Gasteiger partial charge in [-0.2, -0.15) is 0 Å². The zero-order valence-electron chi connectivity index (χ0n) is 13.7. The number of rotatable bonds is 8. The molecule has 0 heterocycles. The number of nitrogens with zero attached hydrogens (tertiary/aromatic N) is 1. The fraction of sp³-hybridized carbons (Fsp3) is 0.529. The van der Waals surface area contributed by atoms with Gasteiger partial charge in [-0.25, -0.2) is 0 Å². The first-order chi connectivity index (χ1) is 10.3. The Kier molecular flexibility index (Phi) is 6.89. The standard InChI is InChI=1S/C17H25NO4/c1-5-15(22-14-8-6-7-13(4)11-14)17(21)18(12(2)3)10-9-16(19)20/h6-8,11-12,15H,5,9-10H2,1-4H3,(H,19,20). The summed E-state index contributed by atoms with van der Waals surface area (Å²) in [5.41, 5.74) is 1.06. The number of aliphatic carboxylic acids is 1. The first kappa shape index (κ1) is 18.0. The van der Waals surface area contributed by atoms with Crippen LogP contribution in [0.1, 0.15) is 39.2 Å². The van der Waals surface area contributed by atoms with Crippen molar-refractivity contribution in [2.75, 3.05) is 6.54 Å². The molecule has 0 spiro atoms. The Morgan fingerprint density at radius 1 is 1.32 bits per heavy atom. The fourth-order valence-electron chi connectivity index (χ4n) is 2.19. The van der Waals surface area contributed by atoms with Crippen LogP contribution in [-0.2, 0) is 9.59 Å². The maximum Gasteiger partial charge on any atom is 0.305 e. The maximum absolute atomic E-state index is 12.6. The number of aryl methyl sites for hydroxylation is 1. The van der Waals surface area contributed by atoms with Crippen LogP contribution in [0.3, 0.4) is 0 Å². The highest BCUT2D eigenvalue weighted by Gasteiger charge is 2.26. The van der Waals surface area contributed by atoms with Crippen LogP contribution in [0.4, 0.5) is 0 Å². The highest BCUT2D eigenvalue weighted by Crippen LogP contribution is 2.17. The smallest absolute Gasteiger partial charge is 0.305 e. The SMILES string of the molecule is CCC(Oc1cccc(C)c1)C(=O)N(CCC(=O)O)C(C)C. The molecule has 0 saturated heterocycles. The van der Waals surface area contributed by atoms with Crippen LogP contribution in [0.2, 0.25) is 0 Å². The Labute approximate surface area is 131 Å². The molecule has 0 aromatic heterocycles. The van der Waals surface area contributed by atoms with Crippen LogP contribution in [0.15, 0.2) is 24.3 Å². The largest absolute Gasteiger partial charge is 0.481 e. The lowest BCUT2D eigenvalue weighted by Gasteiger charge is -2.30. The molecule has 1 unspecified atom stereocenters. The Hall–Kier alpha value is -2.04. The van der Waals surface area contributed by atoms with E-state index in [-0.39, 0.29) is 24.9 Å². The molecule has 122 valence electrons. The summed E-state index contributed by atoms with van der Waals surface area (Å²) in [6.07, 6.45) is -0.133. The van der Waals surface area contributed by atoms with Crippen LogP contribution in [0, 0.1) is 6.92 Å². The normalized spacial score (nSPS) is 12.0. The summed E-state index contributed by atoms with van der Waals surface area (Å²) in [5, 5.41) is 8.82. The van der Waals surface area contributed by atoms with Crippen LogP contribution in [0.25, 0.3) is 0 Å². The number of amides is 1. The molecule has 0 fully saturated rings. The molecule has 0 aliphatic carbocycles. The molecular formula is C17H25NO4. The van der Waals surface area contributed by atoms with Crippen molar-refractivity contribution in [2.24, 2.45) is 0 Å². The van der Waals surface area contributed by atoms with Gasteiger partial charge in [0.15, 0.2) is 6.10 Å². The lowest BCUT2D eigenvalue weighted by atomic mass is 10.2. The Bertz CT molecular complexity index is 513. The molecule has 22 heavy (non-hydrogen) atoms. The first-order valence-corrected chi connectivity index (χ1v) is 7.60. The number of benzene rings is 1. The summed E-state index contributed by atoms with van der Waals surface area (Å²) in [4.78, 5) is 24.9. The monoisotopic (exact) mass is 307 g/mol. The molecular weight excluding hydrogens is 282 g/mol. The van der Waals surface area contributed by atoms with Gasteiger partial charge in [-0.15, -0.1) is 0 Å². The second-order valence-electron chi connectivity index (χ2n) is 5.60. The van der Waals surface area contributed by atoms with Crippen molar-refractivity contribution in [3.05, 3.63) is 29.8 Å². The Morgan fingerprint density at radius 2 is 2.00 bits per heavy atom. The second kappa shape index (κ2) is 8.41. The van der Waals surface area contributed by atoms with E-state index in [0.29, 0.717) is 12.2 Å². The van der Waals surface area contributed by atoms with Gasteiger partial charge in [0.1, 0.15) is 5.75 Å². The van der Waals surface area contributed by atoms with E-state index in [1.165, 1.54) is 0 Å². The third kappa shape index (κ3) is 5.39. The minimum absolute atomic E-state index is 0.0647. The van der Waals surface area contributed by atoms with Crippen molar-refractivity contribution in [3.63, 3.8) is 0 Å². The lowest BCUT2D eigenvalue weighted by Crippen LogP contribution is -2.46. The average molecular weight is 307 g/mol. The van der Waals surface area contributed by atoms with E-state index in [4.69, 9.17) is 9.84 Å². The van der Waals surface area contributed by atoms with Gasteiger partial charge in [0.05, 0.1) is 6.42 Å². The number of carboxylic acids is 1. The third-order valence-corrected chi connectivity index (χ3v) is 3.39. The summed E-state index contributed by atoms with van der Waals surface area (Å²) < 4.78 is 5.81. The summed E-state index contributed by atoms with van der Waals surface area (Å²) >= 11 is 0. The van der Waals surface area contributed by atoms with Crippen molar-refractivity contribution < 1.29 is 19.4 Å². The zero-order chi connectivity index (χ0) is 16.7. The molecule has 1 rings (SSSR count). The van der Waals surface area contributed by atoms with Gasteiger partial charge in [0, 0.05) is 12.6 Å². The number of carbonyl (C=O) groups excluding carboxylic acids is 1. The number of hydrogen-bond donors (Lipinski definition) is 1. The van der Waals surface area contributed by atoms with E-state index < -0.39 is 12.1 Å². The Morgan fingerprint density at radius 3 is 2.50 bits per heavy atom. The molecule has 0 radical (unpaired) electrons. The zero-order valence-corrected chi connectivity index (χ0v) is 13.7. The second-order valence-corrected chi connectivity index (χ2v) is 5.60. The van der Waals surface area contributed by atoms with Gasteiger partial charge < -0.3 is 14.7 Å². The predicted octanol–water partition coefficient (Wildman–Crippen LogP) is 2.86. The molecule has 1 N–H and O–H groups in total. The molecule has 1 aromatic rings. The first-order valence-electron chi connectivity index (χ1n) is 7.60. The highest BCUT2D eigenvalue weighted by molar-refractivity contribution is 5.82. The van der Waals surface area contributed by atoms with Crippen molar-refractivity contribution in [1.29, 1.82) is 0 Å². The molecule has 0 bridgehead atoms. The van der Waals surface area contributed by atoms with Crippen molar-refractivity contribution >= 4 is 11.9 Å². The lowest BCUT2D eigenvalue weighted by molar-refractivity contribution is -0.143. The summed E-state index contributed by atoms with van der Waals surface area (Å²) in [6, 6.07) is 7.48. The van der Waals surface area contributed by atoms with Gasteiger partial charge in [0.2, 0.25) is 0 Å². The molecule has 1 atom stereocenters. The van der Waals surface area contributed by atoms with E-state index in [2.05, 4.69) is 0 Å². The molecule has 0 saturated carbocycles. The quantitative estimate of drug-likeness (QED) is 0.802. The van der Waals surface area contributed by atoms with Gasteiger partial charge in [-0.3, -0.25) is 9.59 Å². The fourth-order valence-corrected chi connectivity index (χ4v) is 2.19. The van der Waals surface area contributed by atoms with E-state index in [1.807, 2.05) is 52.0 Å². The van der Waals surface area contributed by atoms with Crippen LogP contribution in [-0.4, -0.2) is 40.6 Å². The topological polar surface area (TPSA) is 66.8 Å². The number of hydrogen-bond acceptors (Lipinski definition) is 3. The van der Waals surface area contributed by atoms with E-state index in [9.17, 15) is 9.59 Å². The van der Waals surface area contributed by atoms with Crippen molar-refractivity contribution in [2.45, 2.75) is 52.7 Å². The van der Waals surface area contributed by atoms with Crippen LogP contribution < -0.4 is 4.74 Å². The molecule has 0 aliphatic rings. The minimum Gasteiger partial charge on any atom is -0.481 e. The molecule has 1 amide bonds. The Balaban J connectivity index is 2.81. The summed E-state index contributed by atoms with van der Waals surface area (Å²) in [7, 11) is 0. The average Bonchev–Trinajstić information content (AvgIpc) is 2.44. The highest BCUT2D eigenvalue weighted by atomic mass is 16.5. The maximum atomic E-state index is 12.6. The predicted molar refractivity (Wildman–Crippen MR) is 85.0 cm³/mol. The number of carbonyl (C=O) groups is 2. The van der Waals surface area contributed by atoms with E-state index in [1.54, 1.807) is 4.90 Å². The van der Waals surface area contributed by atoms with Crippen LogP contribution in [0.5, 0.6) is 5.75 Å². The summed E-state index contributed by atoms with van der Waals surface area (Å²) in [6.45, 7) is 7.79. The molecule has 5 nitrogen and oxygen atoms in total. The summed E-state index contributed by atoms with van der Waals surface area (Å²) in [5.74, 6) is -0.423. The third-order valence-electron chi connectivity index (χ3n) is 3.39. The minimum atomic E-state index is -0.911.